The summed E-state index contributed by atoms with van der Waals surface area (Å²) in [5.74, 6) is 1.51. The average Bonchev–Trinajstić information content (AvgIpc) is 3.08. The molecule has 0 amide bonds. The molecule has 3 unspecified atom stereocenters. The molecule has 3 saturated heterocycles. The van der Waals surface area contributed by atoms with Crippen molar-refractivity contribution in [3.8, 4) is 0 Å². The van der Waals surface area contributed by atoms with Crippen LogP contribution in [0.3, 0.4) is 0 Å². The minimum atomic E-state index is 0.442. The smallest absolute Gasteiger partial charge is 0.0604 e. The van der Waals surface area contributed by atoms with Gasteiger partial charge in [-0.15, -0.1) is 0 Å². The molecule has 0 aromatic carbocycles. The molecule has 0 aromatic heterocycles. The van der Waals surface area contributed by atoms with E-state index in [-0.39, 0.29) is 0 Å². The molecule has 3 fully saturated rings. The minimum absolute atomic E-state index is 0.442. The largest absolute Gasteiger partial charge is 0.378 e. The van der Waals surface area contributed by atoms with Crippen LogP contribution in [0, 0.1) is 11.8 Å². The Hall–Kier alpha value is -0.120. The van der Waals surface area contributed by atoms with Gasteiger partial charge in [0.25, 0.3) is 0 Å². The van der Waals surface area contributed by atoms with E-state index in [2.05, 4.69) is 13.8 Å². The third-order valence-corrected chi connectivity index (χ3v) is 5.50. The van der Waals surface area contributed by atoms with Gasteiger partial charge in [-0.2, -0.15) is 0 Å². The van der Waals surface area contributed by atoms with E-state index in [0.29, 0.717) is 24.4 Å². The molecule has 0 N–H and O–H groups in total. The summed E-state index contributed by atoms with van der Waals surface area (Å²) >= 11 is 0. The first kappa shape index (κ1) is 15.8. The highest BCUT2D eigenvalue weighted by atomic mass is 16.5. The maximum Gasteiger partial charge on any atom is 0.0604 e. The molecule has 0 aromatic rings. The van der Waals surface area contributed by atoms with Gasteiger partial charge in [-0.1, -0.05) is 6.92 Å². The Labute approximate surface area is 129 Å². The van der Waals surface area contributed by atoms with Gasteiger partial charge in [-0.05, 0) is 70.1 Å². The number of hydrogen-bond acceptors (Lipinski definition) is 3. The second kappa shape index (κ2) is 7.43. The van der Waals surface area contributed by atoms with Gasteiger partial charge in [0.05, 0.1) is 24.4 Å². The molecule has 6 atom stereocenters. The van der Waals surface area contributed by atoms with Gasteiger partial charge >= 0.3 is 0 Å². The minimum Gasteiger partial charge on any atom is -0.378 e. The van der Waals surface area contributed by atoms with Crippen LogP contribution in [0.2, 0.25) is 0 Å². The first-order valence-corrected chi connectivity index (χ1v) is 9.07. The van der Waals surface area contributed by atoms with Crippen molar-refractivity contribution in [1.29, 1.82) is 0 Å². The molecule has 0 aliphatic carbocycles. The monoisotopic (exact) mass is 296 g/mol. The van der Waals surface area contributed by atoms with E-state index in [1.807, 2.05) is 0 Å². The first-order valence-electron chi connectivity index (χ1n) is 9.07. The molecule has 3 heterocycles. The summed E-state index contributed by atoms with van der Waals surface area (Å²) in [4.78, 5) is 0. The van der Waals surface area contributed by atoms with Crippen molar-refractivity contribution in [3.63, 3.8) is 0 Å². The van der Waals surface area contributed by atoms with E-state index in [0.717, 1.165) is 31.5 Å². The van der Waals surface area contributed by atoms with Crippen LogP contribution in [0.5, 0.6) is 0 Å². The molecular formula is C18H32O3. The van der Waals surface area contributed by atoms with Crippen molar-refractivity contribution in [3.05, 3.63) is 0 Å². The summed E-state index contributed by atoms with van der Waals surface area (Å²) in [6, 6.07) is 0. The zero-order valence-corrected chi connectivity index (χ0v) is 13.8. The molecule has 3 aliphatic heterocycles. The molecule has 3 rings (SSSR count). The van der Waals surface area contributed by atoms with E-state index < -0.39 is 0 Å². The van der Waals surface area contributed by atoms with Crippen LogP contribution in [0.4, 0.5) is 0 Å². The summed E-state index contributed by atoms with van der Waals surface area (Å²) in [6.07, 6.45) is 11.7. The maximum absolute atomic E-state index is 6.00. The van der Waals surface area contributed by atoms with Crippen LogP contribution < -0.4 is 0 Å². The van der Waals surface area contributed by atoms with Crippen molar-refractivity contribution in [1.82, 2.24) is 0 Å². The first-order chi connectivity index (χ1) is 10.2. The summed E-state index contributed by atoms with van der Waals surface area (Å²) in [5, 5.41) is 0. The fourth-order valence-electron chi connectivity index (χ4n) is 4.08. The Balaban J connectivity index is 1.31. The lowest BCUT2D eigenvalue weighted by Crippen LogP contribution is -2.25. The van der Waals surface area contributed by atoms with E-state index in [1.165, 1.54) is 44.9 Å². The fourth-order valence-corrected chi connectivity index (χ4v) is 4.08. The topological polar surface area (TPSA) is 27.7 Å². The van der Waals surface area contributed by atoms with Crippen molar-refractivity contribution in [2.45, 2.75) is 89.6 Å². The van der Waals surface area contributed by atoms with Gasteiger partial charge in [0.1, 0.15) is 0 Å². The maximum atomic E-state index is 6.00. The Bertz CT molecular complexity index is 312. The third kappa shape index (κ3) is 4.67. The van der Waals surface area contributed by atoms with Gasteiger partial charge < -0.3 is 14.2 Å². The van der Waals surface area contributed by atoms with Crippen molar-refractivity contribution in [2.75, 3.05) is 13.2 Å². The lowest BCUT2D eigenvalue weighted by Gasteiger charge is -2.27. The van der Waals surface area contributed by atoms with Crippen LogP contribution in [-0.4, -0.2) is 37.6 Å². The number of ether oxygens (including phenoxy) is 3. The highest BCUT2D eigenvalue weighted by Gasteiger charge is 2.31. The predicted octanol–water partition coefficient (Wildman–Crippen LogP) is 3.94. The van der Waals surface area contributed by atoms with Crippen molar-refractivity contribution < 1.29 is 14.2 Å². The lowest BCUT2D eigenvalue weighted by atomic mass is 9.92. The van der Waals surface area contributed by atoms with Gasteiger partial charge in [0.2, 0.25) is 0 Å². The van der Waals surface area contributed by atoms with E-state index in [1.54, 1.807) is 0 Å². The van der Waals surface area contributed by atoms with Crippen LogP contribution in [0.1, 0.15) is 65.2 Å². The van der Waals surface area contributed by atoms with Crippen LogP contribution in [-0.2, 0) is 14.2 Å². The lowest BCUT2D eigenvalue weighted by molar-refractivity contribution is -0.0181. The molecule has 0 spiro atoms. The molecular weight excluding hydrogens is 264 g/mol. The van der Waals surface area contributed by atoms with Gasteiger partial charge in [-0.25, -0.2) is 0 Å². The van der Waals surface area contributed by atoms with Crippen LogP contribution in [0.25, 0.3) is 0 Å². The highest BCUT2D eigenvalue weighted by Crippen LogP contribution is 2.32. The standard InChI is InChI=1S/C18H32O3/c1-13-3-6-16(19-11-13)8-5-15-9-18(20-12-15)10-17-7-4-14(2)21-17/h13-18H,3-12H2,1-2H3/t13-,14-,15?,16?,17-,18?/m1/s1. The van der Waals surface area contributed by atoms with Crippen molar-refractivity contribution >= 4 is 0 Å². The van der Waals surface area contributed by atoms with E-state index in [4.69, 9.17) is 14.2 Å². The normalized spacial score (nSPS) is 44.3. The van der Waals surface area contributed by atoms with E-state index in [9.17, 15) is 0 Å². The van der Waals surface area contributed by atoms with Crippen molar-refractivity contribution in [2.24, 2.45) is 11.8 Å². The molecule has 3 nitrogen and oxygen atoms in total. The molecule has 21 heavy (non-hydrogen) atoms. The van der Waals surface area contributed by atoms with E-state index >= 15 is 0 Å². The Kier molecular flexibility index (Phi) is 5.58. The summed E-state index contributed by atoms with van der Waals surface area (Å²) in [7, 11) is 0. The fraction of sp³-hybridized carbons (Fsp3) is 1.00. The molecule has 122 valence electrons. The second-order valence-corrected chi connectivity index (χ2v) is 7.65. The number of hydrogen-bond donors (Lipinski definition) is 0. The van der Waals surface area contributed by atoms with Gasteiger partial charge in [-0.3, -0.25) is 0 Å². The molecule has 0 bridgehead atoms. The highest BCUT2D eigenvalue weighted by molar-refractivity contribution is 4.81. The molecule has 3 aliphatic rings. The predicted molar refractivity (Wildman–Crippen MR) is 83.4 cm³/mol. The Morgan fingerprint density at radius 3 is 2.33 bits per heavy atom. The summed E-state index contributed by atoms with van der Waals surface area (Å²) in [5.41, 5.74) is 0. The Morgan fingerprint density at radius 1 is 0.810 bits per heavy atom. The SMILES string of the molecule is C[C@@H]1CCC(CCC2COC(C[C@H]3CC[C@@H](C)O3)C2)OC1. The molecule has 0 saturated carbocycles. The Morgan fingerprint density at radius 2 is 1.62 bits per heavy atom. The zero-order chi connectivity index (χ0) is 14.7. The molecule has 0 radical (unpaired) electrons. The van der Waals surface area contributed by atoms with Gasteiger partial charge in [0, 0.05) is 13.2 Å². The van der Waals surface area contributed by atoms with Crippen LogP contribution in [0.15, 0.2) is 0 Å². The number of rotatable bonds is 5. The average molecular weight is 296 g/mol. The third-order valence-electron chi connectivity index (χ3n) is 5.50. The second-order valence-electron chi connectivity index (χ2n) is 7.65. The molecule has 3 heteroatoms. The quantitative estimate of drug-likeness (QED) is 0.769. The van der Waals surface area contributed by atoms with Gasteiger partial charge in [0.15, 0.2) is 0 Å². The summed E-state index contributed by atoms with van der Waals surface area (Å²) < 4.78 is 17.9. The van der Waals surface area contributed by atoms with Crippen LogP contribution >= 0.6 is 0 Å². The summed E-state index contributed by atoms with van der Waals surface area (Å²) in [6.45, 7) is 6.39. The zero-order valence-electron chi connectivity index (χ0n) is 13.8.